The van der Waals surface area contributed by atoms with Crippen molar-refractivity contribution >= 4 is 0 Å². The van der Waals surface area contributed by atoms with Crippen molar-refractivity contribution in [3.05, 3.63) is 29.8 Å². The predicted molar refractivity (Wildman–Crippen MR) is 81.8 cm³/mol. The number of rotatable bonds is 10. The summed E-state index contributed by atoms with van der Waals surface area (Å²) in [4.78, 5) is 2.10. The zero-order chi connectivity index (χ0) is 14.6. The predicted octanol–water partition coefficient (Wildman–Crippen LogP) is 1.37. The van der Waals surface area contributed by atoms with Crippen LogP contribution in [0.5, 0.6) is 5.75 Å². The first kappa shape index (κ1) is 16.5. The highest BCUT2D eigenvalue weighted by Crippen LogP contribution is 2.17. The Labute approximate surface area is 122 Å². The molecule has 4 nitrogen and oxygen atoms in total. The van der Waals surface area contributed by atoms with Gasteiger partial charge in [-0.05, 0) is 20.2 Å². The van der Waals surface area contributed by atoms with E-state index in [4.69, 9.17) is 15.9 Å². The summed E-state index contributed by atoms with van der Waals surface area (Å²) in [5.74, 6) is 3.32. The maximum atomic E-state index is 5.52. The van der Waals surface area contributed by atoms with Crippen LogP contribution in [0.25, 0.3) is 0 Å². The van der Waals surface area contributed by atoms with Crippen LogP contribution in [0.4, 0.5) is 0 Å². The lowest BCUT2D eigenvalue weighted by molar-refractivity contribution is 0.119. The zero-order valence-corrected chi connectivity index (χ0v) is 12.4. The van der Waals surface area contributed by atoms with E-state index in [0.29, 0.717) is 13.2 Å². The zero-order valence-electron chi connectivity index (χ0n) is 12.4. The van der Waals surface area contributed by atoms with Crippen LogP contribution in [-0.2, 0) is 11.3 Å². The summed E-state index contributed by atoms with van der Waals surface area (Å²) in [6.07, 6.45) is 5.21. The van der Waals surface area contributed by atoms with Gasteiger partial charge in [0.15, 0.2) is 0 Å². The van der Waals surface area contributed by atoms with E-state index in [2.05, 4.69) is 16.1 Å². The lowest BCUT2D eigenvalue weighted by Gasteiger charge is -2.12. The second-order valence-electron chi connectivity index (χ2n) is 4.69. The Morgan fingerprint density at radius 1 is 1.25 bits per heavy atom. The van der Waals surface area contributed by atoms with Crippen LogP contribution in [0.2, 0.25) is 0 Å². The third-order valence-corrected chi connectivity index (χ3v) is 2.71. The quantitative estimate of drug-likeness (QED) is 0.517. The van der Waals surface area contributed by atoms with Crippen molar-refractivity contribution < 1.29 is 9.47 Å². The number of ether oxygens (including phenoxy) is 2. The van der Waals surface area contributed by atoms with Gasteiger partial charge in [-0.3, -0.25) is 0 Å². The van der Waals surface area contributed by atoms with Crippen molar-refractivity contribution in [2.45, 2.75) is 6.54 Å². The highest BCUT2D eigenvalue weighted by atomic mass is 16.5. The topological polar surface area (TPSA) is 33.7 Å². The number of hydrogen-bond donors (Lipinski definition) is 1. The van der Waals surface area contributed by atoms with Gasteiger partial charge in [0.05, 0.1) is 13.2 Å². The first-order valence-electron chi connectivity index (χ1n) is 6.81. The van der Waals surface area contributed by atoms with E-state index < -0.39 is 0 Å². The summed E-state index contributed by atoms with van der Waals surface area (Å²) in [6, 6.07) is 7.90. The Morgan fingerprint density at radius 2 is 2.05 bits per heavy atom. The molecule has 0 atom stereocenters. The second kappa shape index (κ2) is 10.3. The summed E-state index contributed by atoms with van der Waals surface area (Å²) < 4.78 is 11.0. The highest BCUT2D eigenvalue weighted by molar-refractivity contribution is 5.33. The molecule has 1 aromatic rings. The minimum absolute atomic E-state index is 0.296. The number of para-hydroxylation sites is 1. The number of hydrogen-bond acceptors (Lipinski definition) is 4. The summed E-state index contributed by atoms with van der Waals surface area (Å²) in [5, 5.41) is 3.34. The van der Waals surface area contributed by atoms with Crippen molar-refractivity contribution in [3.8, 4) is 18.1 Å². The third-order valence-electron chi connectivity index (χ3n) is 2.71. The van der Waals surface area contributed by atoms with Crippen molar-refractivity contribution in [2.75, 3.05) is 47.0 Å². The molecule has 0 amide bonds. The van der Waals surface area contributed by atoms with E-state index in [1.54, 1.807) is 0 Å². The van der Waals surface area contributed by atoms with Crippen LogP contribution in [0.3, 0.4) is 0 Å². The molecule has 20 heavy (non-hydrogen) atoms. The van der Waals surface area contributed by atoms with Gasteiger partial charge in [0.1, 0.15) is 12.4 Å². The van der Waals surface area contributed by atoms with E-state index in [1.165, 1.54) is 0 Å². The molecule has 0 spiro atoms. The van der Waals surface area contributed by atoms with E-state index in [0.717, 1.165) is 37.6 Å². The standard InChI is InChI=1S/C16H24N2O2/c1-4-11-20-16-8-6-5-7-15(16)14-17-9-12-19-13-10-18(2)3/h1,5-8,17H,9-14H2,2-3H3. The number of likely N-dealkylation sites (N-methyl/N-ethyl adjacent to an activating group) is 1. The molecule has 110 valence electrons. The van der Waals surface area contributed by atoms with Gasteiger partial charge >= 0.3 is 0 Å². The normalized spacial score (nSPS) is 10.5. The first-order chi connectivity index (χ1) is 9.74. The van der Waals surface area contributed by atoms with Crippen LogP contribution >= 0.6 is 0 Å². The summed E-state index contributed by atoms with van der Waals surface area (Å²) >= 11 is 0. The molecule has 0 saturated carbocycles. The largest absolute Gasteiger partial charge is 0.481 e. The number of terminal acetylenes is 1. The number of nitrogens with one attached hydrogen (secondary N) is 1. The van der Waals surface area contributed by atoms with Gasteiger partial charge in [-0.2, -0.15) is 0 Å². The maximum absolute atomic E-state index is 5.52. The number of benzene rings is 1. The van der Waals surface area contributed by atoms with Gasteiger partial charge < -0.3 is 19.7 Å². The lowest BCUT2D eigenvalue weighted by atomic mass is 10.2. The van der Waals surface area contributed by atoms with Gasteiger partial charge in [0.2, 0.25) is 0 Å². The summed E-state index contributed by atoms with van der Waals surface area (Å²) in [5.41, 5.74) is 1.11. The molecule has 0 radical (unpaired) electrons. The molecule has 0 heterocycles. The van der Waals surface area contributed by atoms with Crippen molar-refractivity contribution in [2.24, 2.45) is 0 Å². The van der Waals surface area contributed by atoms with Crippen LogP contribution in [0.1, 0.15) is 5.56 Å². The first-order valence-corrected chi connectivity index (χ1v) is 6.81. The Bertz CT molecular complexity index is 413. The van der Waals surface area contributed by atoms with Crippen LogP contribution in [0.15, 0.2) is 24.3 Å². The fraction of sp³-hybridized carbons (Fsp3) is 0.500. The summed E-state index contributed by atoms with van der Waals surface area (Å²) in [7, 11) is 4.07. The Balaban J connectivity index is 2.20. The van der Waals surface area contributed by atoms with Crippen LogP contribution in [0, 0.1) is 12.3 Å². The van der Waals surface area contributed by atoms with Gasteiger partial charge in [0, 0.05) is 25.2 Å². The number of nitrogens with zero attached hydrogens (tertiary/aromatic N) is 1. The molecular weight excluding hydrogens is 252 g/mol. The van der Waals surface area contributed by atoms with Crippen molar-refractivity contribution in [1.29, 1.82) is 0 Å². The van der Waals surface area contributed by atoms with E-state index in [1.807, 2.05) is 38.4 Å². The molecule has 4 heteroatoms. The molecule has 0 saturated heterocycles. The van der Waals surface area contributed by atoms with Gasteiger partial charge in [-0.1, -0.05) is 24.1 Å². The molecule has 0 fully saturated rings. The SMILES string of the molecule is C#CCOc1ccccc1CNCCOCCN(C)C. The van der Waals surface area contributed by atoms with E-state index >= 15 is 0 Å². The minimum atomic E-state index is 0.296. The average Bonchev–Trinajstić information content (AvgIpc) is 2.44. The lowest BCUT2D eigenvalue weighted by Crippen LogP contribution is -2.23. The molecular formula is C16H24N2O2. The monoisotopic (exact) mass is 276 g/mol. The molecule has 0 aromatic heterocycles. The minimum Gasteiger partial charge on any atom is -0.481 e. The Morgan fingerprint density at radius 3 is 2.80 bits per heavy atom. The molecule has 0 aliphatic carbocycles. The van der Waals surface area contributed by atoms with Gasteiger partial charge in [-0.25, -0.2) is 0 Å². The fourth-order valence-electron chi connectivity index (χ4n) is 1.63. The molecule has 1 N–H and O–H groups in total. The molecule has 0 unspecified atom stereocenters. The average molecular weight is 276 g/mol. The van der Waals surface area contributed by atoms with Crippen LogP contribution in [-0.4, -0.2) is 51.9 Å². The molecule has 1 aromatic carbocycles. The third kappa shape index (κ3) is 7.15. The molecule has 0 aliphatic heterocycles. The van der Waals surface area contributed by atoms with Gasteiger partial charge in [-0.15, -0.1) is 6.42 Å². The van der Waals surface area contributed by atoms with E-state index in [9.17, 15) is 0 Å². The highest BCUT2D eigenvalue weighted by Gasteiger charge is 2.01. The van der Waals surface area contributed by atoms with Gasteiger partial charge in [0.25, 0.3) is 0 Å². The van der Waals surface area contributed by atoms with Crippen molar-refractivity contribution in [3.63, 3.8) is 0 Å². The smallest absolute Gasteiger partial charge is 0.148 e. The fourth-order valence-corrected chi connectivity index (χ4v) is 1.63. The molecule has 0 aliphatic rings. The summed E-state index contributed by atoms with van der Waals surface area (Å²) in [6.45, 7) is 4.28. The Hall–Kier alpha value is -1.54. The second-order valence-corrected chi connectivity index (χ2v) is 4.69. The Kier molecular flexibility index (Phi) is 8.48. The molecule has 1 rings (SSSR count). The molecule has 0 bridgehead atoms. The van der Waals surface area contributed by atoms with Crippen molar-refractivity contribution in [1.82, 2.24) is 10.2 Å². The van der Waals surface area contributed by atoms with Crippen LogP contribution < -0.4 is 10.1 Å². The maximum Gasteiger partial charge on any atom is 0.148 e. The van der Waals surface area contributed by atoms with E-state index in [-0.39, 0.29) is 0 Å².